The van der Waals surface area contributed by atoms with Crippen LogP contribution >= 0.6 is 0 Å². The second-order valence-corrected chi connectivity index (χ2v) is 6.10. The van der Waals surface area contributed by atoms with Crippen molar-refractivity contribution >= 4 is 17.5 Å². The molecule has 3 rings (SSSR count). The van der Waals surface area contributed by atoms with Gasteiger partial charge in [0, 0.05) is 18.8 Å². The summed E-state index contributed by atoms with van der Waals surface area (Å²) in [5.41, 5.74) is 2.29. The average Bonchev–Trinajstić information content (AvgIpc) is 2.68. The SMILES string of the molecule is Cc1ccc(NC(=O)COc2ccccc2C(=O)N2CCOCC2)cc1. The van der Waals surface area contributed by atoms with Gasteiger partial charge in [-0.05, 0) is 31.2 Å². The highest BCUT2D eigenvalue weighted by molar-refractivity contribution is 5.97. The zero-order chi connectivity index (χ0) is 18.4. The van der Waals surface area contributed by atoms with Crippen LogP contribution in [-0.4, -0.2) is 49.6 Å². The van der Waals surface area contributed by atoms with Crippen LogP contribution in [0.5, 0.6) is 5.75 Å². The second kappa shape index (κ2) is 8.49. The summed E-state index contributed by atoms with van der Waals surface area (Å²) in [5.74, 6) is 0.0216. The van der Waals surface area contributed by atoms with E-state index in [2.05, 4.69) is 5.32 Å². The molecule has 0 aliphatic carbocycles. The molecule has 1 N–H and O–H groups in total. The molecule has 2 aromatic carbocycles. The first kappa shape index (κ1) is 17.9. The quantitative estimate of drug-likeness (QED) is 0.896. The van der Waals surface area contributed by atoms with E-state index in [1.165, 1.54) is 0 Å². The molecule has 26 heavy (non-hydrogen) atoms. The Bertz CT molecular complexity index is 768. The number of anilines is 1. The molecule has 0 unspecified atom stereocenters. The van der Waals surface area contributed by atoms with Crippen LogP contribution in [0.3, 0.4) is 0 Å². The fourth-order valence-electron chi connectivity index (χ4n) is 2.68. The summed E-state index contributed by atoms with van der Waals surface area (Å²) in [6.07, 6.45) is 0. The number of hydrogen-bond acceptors (Lipinski definition) is 4. The third-order valence-corrected chi connectivity index (χ3v) is 4.11. The van der Waals surface area contributed by atoms with Gasteiger partial charge in [-0.2, -0.15) is 0 Å². The van der Waals surface area contributed by atoms with Crippen molar-refractivity contribution in [1.29, 1.82) is 0 Å². The maximum Gasteiger partial charge on any atom is 0.262 e. The van der Waals surface area contributed by atoms with Gasteiger partial charge >= 0.3 is 0 Å². The largest absolute Gasteiger partial charge is 0.483 e. The lowest BCUT2D eigenvalue weighted by Gasteiger charge is -2.27. The zero-order valence-electron chi connectivity index (χ0n) is 14.7. The fourth-order valence-corrected chi connectivity index (χ4v) is 2.68. The van der Waals surface area contributed by atoms with Crippen LogP contribution < -0.4 is 10.1 Å². The molecule has 0 aromatic heterocycles. The molecule has 1 fully saturated rings. The Balaban J connectivity index is 1.61. The number of aryl methyl sites for hydroxylation is 1. The Morgan fingerprint density at radius 2 is 1.77 bits per heavy atom. The number of nitrogens with zero attached hydrogens (tertiary/aromatic N) is 1. The lowest BCUT2D eigenvalue weighted by Crippen LogP contribution is -2.40. The summed E-state index contributed by atoms with van der Waals surface area (Å²) in [5, 5.41) is 2.78. The predicted octanol–water partition coefficient (Wildman–Crippen LogP) is 2.48. The molecule has 6 nitrogen and oxygen atoms in total. The summed E-state index contributed by atoms with van der Waals surface area (Å²) in [6.45, 7) is 4.00. The van der Waals surface area contributed by atoms with Gasteiger partial charge in [0.2, 0.25) is 0 Å². The molecule has 1 saturated heterocycles. The average molecular weight is 354 g/mol. The number of amides is 2. The van der Waals surface area contributed by atoms with Crippen molar-refractivity contribution in [2.24, 2.45) is 0 Å². The normalized spacial score (nSPS) is 14.0. The minimum absolute atomic E-state index is 0.108. The molecule has 6 heteroatoms. The Morgan fingerprint density at radius 1 is 1.08 bits per heavy atom. The summed E-state index contributed by atoms with van der Waals surface area (Å²) in [4.78, 5) is 26.5. The van der Waals surface area contributed by atoms with E-state index in [1.807, 2.05) is 31.2 Å². The van der Waals surface area contributed by atoms with Crippen molar-refractivity contribution in [1.82, 2.24) is 4.90 Å². The van der Waals surface area contributed by atoms with E-state index < -0.39 is 0 Å². The number of benzene rings is 2. The van der Waals surface area contributed by atoms with Crippen molar-refractivity contribution in [2.75, 3.05) is 38.2 Å². The highest BCUT2D eigenvalue weighted by Gasteiger charge is 2.21. The molecule has 1 heterocycles. The van der Waals surface area contributed by atoms with Crippen molar-refractivity contribution in [3.63, 3.8) is 0 Å². The first-order chi connectivity index (χ1) is 12.6. The Labute approximate surface area is 152 Å². The number of carbonyl (C=O) groups excluding carboxylic acids is 2. The highest BCUT2D eigenvalue weighted by Crippen LogP contribution is 2.20. The van der Waals surface area contributed by atoms with Crippen molar-refractivity contribution in [3.05, 3.63) is 59.7 Å². The number of carbonyl (C=O) groups is 2. The number of morpholine rings is 1. The van der Waals surface area contributed by atoms with Gasteiger partial charge < -0.3 is 19.7 Å². The third-order valence-electron chi connectivity index (χ3n) is 4.11. The number of nitrogens with one attached hydrogen (secondary N) is 1. The van der Waals surface area contributed by atoms with Crippen LogP contribution in [0.15, 0.2) is 48.5 Å². The highest BCUT2D eigenvalue weighted by atomic mass is 16.5. The lowest BCUT2D eigenvalue weighted by atomic mass is 10.1. The van der Waals surface area contributed by atoms with E-state index in [0.717, 1.165) is 5.56 Å². The monoisotopic (exact) mass is 354 g/mol. The van der Waals surface area contributed by atoms with Gasteiger partial charge in [-0.3, -0.25) is 9.59 Å². The van der Waals surface area contributed by atoms with Crippen molar-refractivity contribution in [2.45, 2.75) is 6.92 Å². The first-order valence-electron chi connectivity index (χ1n) is 8.59. The molecule has 0 atom stereocenters. The maximum absolute atomic E-state index is 12.7. The van der Waals surface area contributed by atoms with Crippen LogP contribution in [-0.2, 0) is 9.53 Å². The summed E-state index contributed by atoms with van der Waals surface area (Å²) in [6, 6.07) is 14.5. The molecular weight excluding hydrogens is 332 g/mol. The molecule has 2 amide bonds. The van der Waals surface area contributed by atoms with Crippen LogP contribution in [0, 0.1) is 6.92 Å². The fraction of sp³-hybridized carbons (Fsp3) is 0.300. The Hall–Kier alpha value is -2.86. The van der Waals surface area contributed by atoms with Crippen molar-refractivity contribution in [3.8, 4) is 5.75 Å². The van der Waals surface area contributed by atoms with Crippen LogP contribution in [0.4, 0.5) is 5.69 Å². The van der Waals surface area contributed by atoms with E-state index in [9.17, 15) is 9.59 Å². The number of hydrogen-bond donors (Lipinski definition) is 1. The van der Waals surface area contributed by atoms with Crippen LogP contribution in [0.25, 0.3) is 0 Å². The number of ether oxygens (including phenoxy) is 2. The van der Waals surface area contributed by atoms with Gasteiger partial charge in [0.05, 0.1) is 18.8 Å². The van der Waals surface area contributed by atoms with E-state index in [4.69, 9.17) is 9.47 Å². The van der Waals surface area contributed by atoms with Gasteiger partial charge in [0.15, 0.2) is 6.61 Å². The zero-order valence-corrected chi connectivity index (χ0v) is 14.7. The van der Waals surface area contributed by atoms with Gasteiger partial charge in [0.1, 0.15) is 5.75 Å². The van der Waals surface area contributed by atoms with Gasteiger partial charge in [-0.25, -0.2) is 0 Å². The summed E-state index contributed by atoms with van der Waals surface area (Å²) >= 11 is 0. The van der Waals surface area contributed by atoms with Gasteiger partial charge in [-0.15, -0.1) is 0 Å². The van der Waals surface area contributed by atoms with E-state index >= 15 is 0 Å². The molecule has 1 aliphatic rings. The van der Waals surface area contributed by atoms with E-state index in [0.29, 0.717) is 43.3 Å². The van der Waals surface area contributed by atoms with Gasteiger partial charge in [0.25, 0.3) is 11.8 Å². The topological polar surface area (TPSA) is 67.9 Å². The smallest absolute Gasteiger partial charge is 0.262 e. The Kier molecular flexibility index (Phi) is 5.86. The van der Waals surface area contributed by atoms with Gasteiger partial charge in [-0.1, -0.05) is 29.8 Å². The first-order valence-corrected chi connectivity index (χ1v) is 8.59. The molecular formula is C20H22N2O4. The predicted molar refractivity (Wildman–Crippen MR) is 98.5 cm³/mol. The molecule has 1 aliphatic heterocycles. The molecule has 0 spiro atoms. The minimum atomic E-state index is -0.275. The number of para-hydroxylation sites is 1. The third kappa shape index (κ3) is 4.61. The molecule has 2 aromatic rings. The van der Waals surface area contributed by atoms with Crippen LogP contribution in [0.2, 0.25) is 0 Å². The molecule has 0 bridgehead atoms. The Morgan fingerprint density at radius 3 is 2.50 bits per heavy atom. The minimum Gasteiger partial charge on any atom is -0.483 e. The maximum atomic E-state index is 12.7. The summed E-state index contributed by atoms with van der Waals surface area (Å²) < 4.78 is 10.9. The lowest BCUT2D eigenvalue weighted by molar-refractivity contribution is -0.118. The number of rotatable bonds is 5. The molecule has 0 saturated carbocycles. The second-order valence-electron chi connectivity index (χ2n) is 6.10. The molecule has 0 radical (unpaired) electrons. The van der Waals surface area contributed by atoms with Crippen molar-refractivity contribution < 1.29 is 19.1 Å². The standard InChI is InChI=1S/C20H22N2O4/c1-15-6-8-16(9-7-15)21-19(23)14-26-18-5-3-2-4-17(18)20(24)22-10-12-25-13-11-22/h2-9H,10-14H2,1H3,(H,21,23). The molecule has 136 valence electrons. The van der Waals surface area contributed by atoms with Crippen LogP contribution in [0.1, 0.15) is 15.9 Å². The summed E-state index contributed by atoms with van der Waals surface area (Å²) in [7, 11) is 0. The van der Waals surface area contributed by atoms with E-state index in [1.54, 1.807) is 29.2 Å². The van der Waals surface area contributed by atoms with E-state index in [-0.39, 0.29) is 18.4 Å².